The lowest BCUT2D eigenvalue weighted by atomic mass is 10.2. The van der Waals surface area contributed by atoms with Gasteiger partial charge in [0.25, 0.3) is 15.9 Å². The molecule has 0 aliphatic rings. The number of sulfonamides is 1. The summed E-state index contributed by atoms with van der Waals surface area (Å²) in [4.78, 5) is 16.4. The van der Waals surface area contributed by atoms with Crippen molar-refractivity contribution in [3.63, 3.8) is 0 Å². The van der Waals surface area contributed by atoms with Crippen LogP contribution in [0.1, 0.15) is 17.3 Å². The average Bonchev–Trinajstić information content (AvgIpc) is 2.56. The first-order valence-corrected chi connectivity index (χ1v) is 8.46. The van der Waals surface area contributed by atoms with Crippen LogP contribution in [0.4, 0.5) is 5.69 Å². The molecule has 0 saturated carbocycles. The summed E-state index contributed by atoms with van der Waals surface area (Å²) >= 11 is 0. The first-order valence-electron chi connectivity index (χ1n) is 7.02. The van der Waals surface area contributed by atoms with Crippen molar-refractivity contribution in [2.75, 3.05) is 18.0 Å². The molecule has 0 aliphatic carbocycles. The SMILES string of the molecule is CCN(c1ccccc1)S(=O)(=O)c1cccc(C(=O)NOC)c1. The molecule has 122 valence electrons. The van der Waals surface area contributed by atoms with E-state index in [1.54, 1.807) is 31.2 Å². The van der Waals surface area contributed by atoms with E-state index in [9.17, 15) is 13.2 Å². The second kappa shape index (κ2) is 7.26. The highest BCUT2D eigenvalue weighted by molar-refractivity contribution is 7.92. The zero-order valence-corrected chi connectivity index (χ0v) is 13.7. The molecule has 0 saturated heterocycles. The Morgan fingerprint density at radius 1 is 1.13 bits per heavy atom. The van der Waals surface area contributed by atoms with E-state index in [1.165, 1.54) is 35.7 Å². The van der Waals surface area contributed by atoms with Crippen molar-refractivity contribution in [3.05, 3.63) is 60.2 Å². The number of hydrogen-bond acceptors (Lipinski definition) is 4. The summed E-state index contributed by atoms with van der Waals surface area (Å²) < 4.78 is 27.0. The monoisotopic (exact) mass is 334 g/mol. The van der Waals surface area contributed by atoms with Crippen LogP contribution in [0.25, 0.3) is 0 Å². The topological polar surface area (TPSA) is 75.7 Å². The van der Waals surface area contributed by atoms with Crippen LogP contribution in [0.3, 0.4) is 0 Å². The van der Waals surface area contributed by atoms with Gasteiger partial charge in [-0.05, 0) is 37.3 Å². The number of carbonyl (C=O) groups excluding carboxylic acids is 1. The van der Waals surface area contributed by atoms with E-state index in [-0.39, 0.29) is 17.0 Å². The van der Waals surface area contributed by atoms with Gasteiger partial charge in [0.1, 0.15) is 0 Å². The lowest BCUT2D eigenvalue weighted by molar-refractivity contribution is 0.0537. The molecule has 0 unspecified atom stereocenters. The number of para-hydroxylation sites is 1. The molecule has 0 bridgehead atoms. The number of hydrogen-bond donors (Lipinski definition) is 1. The quantitative estimate of drug-likeness (QED) is 0.822. The van der Waals surface area contributed by atoms with Gasteiger partial charge in [0.2, 0.25) is 0 Å². The van der Waals surface area contributed by atoms with E-state index in [1.807, 2.05) is 6.07 Å². The minimum atomic E-state index is -3.76. The standard InChI is InChI=1S/C16H18N2O4S/c1-3-18(14-9-5-4-6-10-14)23(20,21)15-11-7-8-13(12-15)16(19)17-22-2/h4-12H,3H2,1-2H3,(H,17,19). The number of carbonyl (C=O) groups is 1. The molecule has 0 heterocycles. The third kappa shape index (κ3) is 3.69. The Morgan fingerprint density at radius 2 is 1.83 bits per heavy atom. The fourth-order valence-electron chi connectivity index (χ4n) is 2.16. The molecule has 23 heavy (non-hydrogen) atoms. The minimum absolute atomic E-state index is 0.0481. The normalized spacial score (nSPS) is 11.0. The van der Waals surface area contributed by atoms with Gasteiger partial charge in [-0.25, -0.2) is 13.9 Å². The molecule has 0 aromatic heterocycles. The zero-order valence-electron chi connectivity index (χ0n) is 12.9. The number of nitrogens with zero attached hydrogens (tertiary/aromatic N) is 1. The molecule has 0 atom stereocenters. The number of benzene rings is 2. The largest absolute Gasteiger partial charge is 0.277 e. The number of anilines is 1. The maximum absolute atomic E-state index is 12.9. The van der Waals surface area contributed by atoms with Gasteiger partial charge >= 0.3 is 0 Å². The van der Waals surface area contributed by atoms with Crippen LogP contribution < -0.4 is 9.79 Å². The predicted octanol–water partition coefficient (Wildman–Crippen LogP) is 2.19. The van der Waals surface area contributed by atoms with E-state index in [0.29, 0.717) is 5.69 Å². The van der Waals surface area contributed by atoms with Gasteiger partial charge in [-0.15, -0.1) is 0 Å². The fraction of sp³-hybridized carbons (Fsp3) is 0.188. The molecule has 7 heteroatoms. The molecule has 0 aliphatic heterocycles. The lowest BCUT2D eigenvalue weighted by Gasteiger charge is -2.23. The van der Waals surface area contributed by atoms with Gasteiger partial charge in [0.05, 0.1) is 17.7 Å². The molecule has 2 aromatic carbocycles. The van der Waals surface area contributed by atoms with Crippen LogP contribution in [-0.4, -0.2) is 28.0 Å². The van der Waals surface area contributed by atoms with Gasteiger partial charge in [-0.3, -0.25) is 13.9 Å². The average molecular weight is 334 g/mol. The number of nitrogens with one attached hydrogen (secondary N) is 1. The number of rotatable bonds is 6. The molecular formula is C16H18N2O4S. The Kier molecular flexibility index (Phi) is 5.36. The van der Waals surface area contributed by atoms with Crippen LogP contribution in [0.15, 0.2) is 59.5 Å². The molecule has 2 aromatic rings. The van der Waals surface area contributed by atoms with Gasteiger partial charge < -0.3 is 0 Å². The maximum atomic E-state index is 12.9. The maximum Gasteiger partial charge on any atom is 0.274 e. The first-order chi connectivity index (χ1) is 11.0. The summed E-state index contributed by atoms with van der Waals surface area (Å²) in [5.41, 5.74) is 2.94. The first kappa shape index (κ1) is 17.0. The molecule has 6 nitrogen and oxygen atoms in total. The van der Waals surface area contributed by atoms with E-state index >= 15 is 0 Å². The summed E-state index contributed by atoms with van der Waals surface area (Å²) in [6.07, 6.45) is 0. The van der Waals surface area contributed by atoms with Crippen LogP contribution in [0.5, 0.6) is 0 Å². The second-order valence-electron chi connectivity index (χ2n) is 4.67. The van der Waals surface area contributed by atoms with Crippen LogP contribution in [-0.2, 0) is 14.9 Å². The summed E-state index contributed by atoms with van der Waals surface area (Å²) in [7, 11) is -2.45. The van der Waals surface area contributed by atoms with Gasteiger partial charge in [-0.1, -0.05) is 24.3 Å². The molecule has 0 fully saturated rings. The summed E-state index contributed by atoms with van der Waals surface area (Å²) in [6, 6.07) is 14.7. The van der Waals surface area contributed by atoms with Crippen molar-refractivity contribution in [3.8, 4) is 0 Å². The van der Waals surface area contributed by atoms with E-state index in [0.717, 1.165) is 0 Å². The van der Waals surface area contributed by atoms with Crippen molar-refractivity contribution < 1.29 is 18.0 Å². The molecule has 0 spiro atoms. The Morgan fingerprint density at radius 3 is 2.43 bits per heavy atom. The van der Waals surface area contributed by atoms with Crippen LogP contribution >= 0.6 is 0 Å². The number of amides is 1. The smallest absolute Gasteiger partial charge is 0.274 e. The Bertz CT molecular complexity index is 776. The van der Waals surface area contributed by atoms with E-state index in [2.05, 4.69) is 10.3 Å². The van der Waals surface area contributed by atoms with E-state index in [4.69, 9.17) is 0 Å². The van der Waals surface area contributed by atoms with Crippen molar-refractivity contribution in [1.29, 1.82) is 0 Å². The lowest BCUT2D eigenvalue weighted by Crippen LogP contribution is -2.31. The van der Waals surface area contributed by atoms with Crippen molar-refractivity contribution in [2.45, 2.75) is 11.8 Å². The second-order valence-corrected chi connectivity index (χ2v) is 6.53. The fourth-order valence-corrected chi connectivity index (χ4v) is 3.68. The molecular weight excluding hydrogens is 316 g/mol. The Balaban J connectivity index is 2.43. The highest BCUT2D eigenvalue weighted by Crippen LogP contribution is 2.23. The summed E-state index contributed by atoms with van der Waals surface area (Å²) in [5, 5.41) is 0. The predicted molar refractivity (Wildman–Crippen MR) is 87.6 cm³/mol. The van der Waals surface area contributed by atoms with Crippen molar-refractivity contribution in [2.24, 2.45) is 0 Å². The molecule has 2 rings (SSSR count). The zero-order chi connectivity index (χ0) is 16.9. The molecule has 1 N–H and O–H groups in total. The highest BCUT2D eigenvalue weighted by atomic mass is 32.2. The number of hydroxylamine groups is 1. The van der Waals surface area contributed by atoms with Gasteiger partial charge in [-0.2, -0.15) is 0 Å². The van der Waals surface area contributed by atoms with Crippen molar-refractivity contribution in [1.82, 2.24) is 5.48 Å². The Labute approximate surface area is 135 Å². The summed E-state index contributed by atoms with van der Waals surface area (Å²) in [6.45, 7) is 2.03. The third-order valence-electron chi connectivity index (χ3n) is 3.21. The highest BCUT2D eigenvalue weighted by Gasteiger charge is 2.24. The van der Waals surface area contributed by atoms with Crippen LogP contribution in [0.2, 0.25) is 0 Å². The van der Waals surface area contributed by atoms with E-state index < -0.39 is 15.9 Å². The van der Waals surface area contributed by atoms with Crippen LogP contribution in [0, 0.1) is 0 Å². The Hall–Kier alpha value is -2.38. The van der Waals surface area contributed by atoms with Gasteiger partial charge in [0.15, 0.2) is 0 Å². The van der Waals surface area contributed by atoms with Crippen molar-refractivity contribution >= 4 is 21.6 Å². The van der Waals surface area contributed by atoms with Gasteiger partial charge in [0, 0.05) is 12.1 Å². The molecule has 1 amide bonds. The third-order valence-corrected chi connectivity index (χ3v) is 5.11. The minimum Gasteiger partial charge on any atom is -0.277 e. The summed E-state index contributed by atoms with van der Waals surface area (Å²) in [5.74, 6) is -0.507. The molecule has 0 radical (unpaired) electrons.